The van der Waals surface area contributed by atoms with Crippen LogP contribution in [0.5, 0.6) is 11.5 Å². The minimum atomic E-state index is 0.795. The lowest BCUT2D eigenvalue weighted by molar-refractivity contribution is 0.414. The highest BCUT2D eigenvalue weighted by atomic mass is 16.5. The zero-order valence-corrected chi connectivity index (χ0v) is 16.2. The van der Waals surface area contributed by atoms with Crippen LogP contribution in [-0.4, -0.2) is 29.0 Å². The Bertz CT molecular complexity index is 1320. The van der Waals surface area contributed by atoms with E-state index in [0.29, 0.717) is 0 Å². The average Bonchev–Trinajstić information content (AvgIpc) is 3.19. The minimum Gasteiger partial charge on any atom is -0.497 e. The van der Waals surface area contributed by atoms with Crippen molar-refractivity contribution in [1.29, 1.82) is 0 Å². The van der Waals surface area contributed by atoms with Crippen LogP contribution >= 0.6 is 0 Å². The Labute approximate surface area is 168 Å². The van der Waals surface area contributed by atoms with Gasteiger partial charge in [0.1, 0.15) is 17.2 Å². The van der Waals surface area contributed by atoms with Gasteiger partial charge >= 0.3 is 0 Å². The van der Waals surface area contributed by atoms with Gasteiger partial charge in [0, 0.05) is 22.5 Å². The summed E-state index contributed by atoms with van der Waals surface area (Å²) >= 11 is 0. The van der Waals surface area contributed by atoms with E-state index in [1.165, 1.54) is 0 Å². The van der Waals surface area contributed by atoms with Crippen molar-refractivity contribution in [3.8, 4) is 28.4 Å². The highest BCUT2D eigenvalue weighted by Crippen LogP contribution is 2.34. The lowest BCUT2D eigenvalue weighted by atomic mass is 10.1. The third kappa shape index (κ3) is 2.88. The molecule has 29 heavy (non-hydrogen) atoms. The molecule has 0 radical (unpaired) electrons. The molecule has 0 fully saturated rings. The molecule has 0 aliphatic rings. The summed E-state index contributed by atoms with van der Waals surface area (Å²) in [6.07, 6.45) is 1.90. The molecular formula is C24H19N3O2. The molecule has 5 nitrogen and oxygen atoms in total. The van der Waals surface area contributed by atoms with E-state index < -0.39 is 0 Å². The van der Waals surface area contributed by atoms with Crippen LogP contribution in [0, 0.1) is 0 Å². The summed E-state index contributed by atoms with van der Waals surface area (Å²) in [5.41, 5.74) is 4.78. The number of hydrogen-bond acceptors (Lipinski definition) is 4. The van der Waals surface area contributed by atoms with Crippen LogP contribution in [0.25, 0.3) is 38.8 Å². The number of aromatic nitrogens is 3. The minimum absolute atomic E-state index is 0.795. The second-order valence-electron chi connectivity index (χ2n) is 6.73. The molecule has 0 saturated carbocycles. The van der Waals surface area contributed by atoms with E-state index in [4.69, 9.17) is 14.6 Å². The Morgan fingerprint density at radius 2 is 1.55 bits per heavy atom. The van der Waals surface area contributed by atoms with Gasteiger partial charge in [-0.2, -0.15) is 5.10 Å². The molecule has 3 aromatic carbocycles. The van der Waals surface area contributed by atoms with E-state index in [2.05, 4.69) is 11.1 Å². The maximum absolute atomic E-state index is 5.41. The first kappa shape index (κ1) is 17.3. The van der Waals surface area contributed by atoms with Crippen LogP contribution in [0.2, 0.25) is 0 Å². The fourth-order valence-corrected chi connectivity index (χ4v) is 3.63. The third-order valence-electron chi connectivity index (χ3n) is 5.07. The van der Waals surface area contributed by atoms with Gasteiger partial charge in [-0.25, -0.2) is 4.68 Å². The molecule has 0 atom stereocenters. The lowest BCUT2D eigenvalue weighted by Crippen LogP contribution is -1.97. The molecule has 5 rings (SSSR count). The second kappa shape index (κ2) is 6.95. The second-order valence-corrected chi connectivity index (χ2v) is 6.73. The molecule has 0 amide bonds. The quantitative estimate of drug-likeness (QED) is 0.426. The SMILES string of the molecule is COc1ccc(-n2nc(-c3cccc(OC)c3)c3cnc4ccccc4c32)cc1. The van der Waals surface area contributed by atoms with E-state index in [1.54, 1.807) is 14.2 Å². The molecule has 2 aromatic heterocycles. The number of hydrogen-bond donors (Lipinski definition) is 0. The number of methoxy groups -OCH3 is 2. The normalized spacial score (nSPS) is 11.1. The van der Waals surface area contributed by atoms with Gasteiger partial charge in [0.2, 0.25) is 0 Å². The van der Waals surface area contributed by atoms with Crippen molar-refractivity contribution in [3.63, 3.8) is 0 Å². The molecule has 2 heterocycles. The van der Waals surface area contributed by atoms with Crippen molar-refractivity contribution in [2.24, 2.45) is 0 Å². The van der Waals surface area contributed by atoms with Gasteiger partial charge in [-0.05, 0) is 42.5 Å². The first-order valence-electron chi connectivity index (χ1n) is 9.34. The van der Waals surface area contributed by atoms with Crippen molar-refractivity contribution in [3.05, 3.63) is 79.0 Å². The highest BCUT2D eigenvalue weighted by molar-refractivity contribution is 6.08. The number of para-hydroxylation sites is 1. The lowest BCUT2D eigenvalue weighted by Gasteiger charge is -2.07. The van der Waals surface area contributed by atoms with Gasteiger partial charge in [0.15, 0.2) is 0 Å². The summed E-state index contributed by atoms with van der Waals surface area (Å²) in [5, 5.41) is 7.04. The van der Waals surface area contributed by atoms with Crippen molar-refractivity contribution in [2.45, 2.75) is 0 Å². The number of ether oxygens (including phenoxy) is 2. The zero-order chi connectivity index (χ0) is 19.8. The summed E-state index contributed by atoms with van der Waals surface area (Å²) < 4.78 is 12.7. The van der Waals surface area contributed by atoms with Crippen molar-refractivity contribution in [1.82, 2.24) is 14.8 Å². The van der Waals surface area contributed by atoms with Gasteiger partial charge in [0.05, 0.1) is 30.9 Å². The summed E-state index contributed by atoms with van der Waals surface area (Å²) in [5.74, 6) is 1.60. The Kier molecular flexibility index (Phi) is 4.13. The number of rotatable bonds is 4. The largest absolute Gasteiger partial charge is 0.497 e. The molecule has 0 aliphatic heterocycles. The van der Waals surface area contributed by atoms with Crippen molar-refractivity contribution in [2.75, 3.05) is 14.2 Å². The Morgan fingerprint density at radius 3 is 2.34 bits per heavy atom. The molecule has 0 N–H and O–H groups in total. The first-order chi connectivity index (χ1) is 14.3. The molecular weight excluding hydrogens is 362 g/mol. The van der Waals surface area contributed by atoms with Crippen LogP contribution in [0.1, 0.15) is 0 Å². The Morgan fingerprint density at radius 1 is 0.759 bits per heavy atom. The van der Waals surface area contributed by atoms with Crippen LogP contribution < -0.4 is 9.47 Å². The Hall–Kier alpha value is -3.86. The van der Waals surface area contributed by atoms with E-state index in [9.17, 15) is 0 Å². The maximum atomic E-state index is 5.41. The topological polar surface area (TPSA) is 49.2 Å². The number of benzene rings is 3. The summed E-state index contributed by atoms with van der Waals surface area (Å²) in [6.45, 7) is 0. The van der Waals surface area contributed by atoms with E-state index in [0.717, 1.165) is 50.2 Å². The number of pyridine rings is 1. The van der Waals surface area contributed by atoms with E-state index in [-0.39, 0.29) is 0 Å². The molecule has 5 aromatic rings. The van der Waals surface area contributed by atoms with Gasteiger partial charge in [0.25, 0.3) is 0 Å². The third-order valence-corrected chi connectivity index (χ3v) is 5.07. The molecule has 0 bridgehead atoms. The predicted molar refractivity (Wildman–Crippen MR) is 115 cm³/mol. The standard InChI is InChI=1S/C24H19N3O2/c1-28-18-12-10-17(11-13-18)27-24-20-8-3-4-9-22(20)25-15-21(24)23(26-27)16-6-5-7-19(14-16)29-2/h3-15H,1-2H3. The van der Waals surface area contributed by atoms with Crippen molar-refractivity contribution < 1.29 is 9.47 Å². The van der Waals surface area contributed by atoms with E-state index in [1.807, 2.05) is 77.6 Å². The first-order valence-corrected chi connectivity index (χ1v) is 9.34. The van der Waals surface area contributed by atoms with Gasteiger partial charge < -0.3 is 9.47 Å². The van der Waals surface area contributed by atoms with Crippen LogP contribution in [0.15, 0.2) is 79.0 Å². The highest BCUT2D eigenvalue weighted by Gasteiger charge is 2.17. The van der Waals surface area contributed by atoms with E-state index >= 15 is 0 Å². The van der Waals surface area contributed by atoms with Crippen LogP contribution in [-0.2, 0) is 0 Å². The van der Waals surface area contributed by atoms with Crippen molar-refractivity contribution >= 4 is 21.8 Å². The molecule has 5 heteroatoms. The van der Waals surface area contributed by atoms with Crippen LogP contribution in [0.4, 0.5) is 0 Å². The van der Waals surface area contributed by atoms with Gasteiger partial charge in [-0.3, -0.25) is 4.98 Å². The maximum Gasteiger partial charge on any atom is 0.119 e. The fourth-order valence-electron chi connectivity index (χ4n) is 3.63. The summed E-state index contributed by atoms with van der Waals surface area (Å²) in [7, 11) is 3.33. The smallest absolute Gasteiger partial charge is 0.119 e. The predicted octanol–water partition coefficient (Wildman–Crippen LogP) is 5.26. The Balaban J connectivity index is 1.84. The van der Waals surface area contributed by atoms with Gasteiger partial charge in [-0.1, -0.05) is 30.3 Å². The fraction of sp³-hybridized carbons (Fsp3) is 0.0833. The summed E-state index contributed by atoms with van der Waals surface area (Å²) in [6, 6.07) is 24.0. The molecule has 0 saturated heterocycles. The van der Waals surface area contributed by atoms with Crippen LogP contribution in [0.3, 0.4) is 0 Å². The monoisotopic (exact) mass is 381 g/mol. The molecule has 142 valence electrons. The number of fused-ring (bicyclic) bond motifs is 3. The number of nitrogens with zero attached hydrogens (tertiary/aromatic N) is 3. The average molecular weight is 381 g/mol. The van der Waals surface area contributed by atoms with Gasteiger partial charge in [-0.15, -0.1) is 0 Å². The summed E-state index contributed by atoms with van der Waals surface area (Å²) in [4.78, 5) is 4.67. The zero-order valence-electron chi connectivity index (χ0n) is 16.2. The molecule has 0 aliphatic carbocycles. The molecule has 0 spiro atoms. The molecule has 0 unspecified atom stereocenters.